The largest absolute Gasteiger partial charge is 0.341 e. The van der Waals surface area contributed by atoms with Crippen LogP contribution < -0.4 is 0 Å². The van der Waals surface area contributed by atoms with E-state index in [-0.39, 0.29) is 5.41 Å². The third-order valence-electron chi connectivity index (χ3n) is 4.50. The van der Waals surface area contributed by atoms with E-state index in [1.54, 1.807) is 0 Å². The number of H-pyrrole nitrogens is 1. The lowest BCUT2D eigenvalue weighted by Gasteiger charge is -2.28. The molecule has 1 aromatic heterocycles. The Morgan fingerprint density at radius 3 is 2.75 bits per heavy atom. The van der Waals surface area contributed by atoms with Crippen molar-refractivity contribution in [3.63, 3.8) is 0 Å². The Hall–Kier alpha value is -1.82. The van der Waals surface area contributed by atoms with Gasteiger partial charge in [0.1, 0.15) is 17.4 Å². The summed E-state index contributed by atoms with van der Waals surface area (Å²) in [6.07, 6.45) is 6.18. The summed E-state index contributed by atoms with van der Waals surface area (Å²) < 4.78 is 0. The molecule has 1 N–H and O–H groups in total. The van der Waals surface area contributed by atoms with Crippen LogP contribution in [0.15, 0.2) is 18.2 Å². The van der Waals surface area contributed by atoms with E-state index in [1.165, 1.54) is 32.1 Å². The highest BCUT2D eigenvalue weighted by Gasteiger charge is 2.38. The molecule has 104 valence electrons. The van der Waals surface area contributed by atoms with Gasteiger partial charge in [-0.2, -0.15) is 5.26 Å². The number of rotatable bonds is 3. The number of nitriles is 1. The second-order valence-electron chi connectivity index (χ2n) is 6.48. The maximum atomic E-state index is 9.22. The van der Waals surface area contributed by atoms with Gasteiger partial charge in [-0.15, -0.1) is 0 Å². The maximum absolute atomic E-state index is 9.22. The number of benzene rings is 1. The maximum Gasteiger partial charge on any atom is 0.113 e. The number of imidazole rings is 1. The lowest BCUT2D eigenvalue weighted by atomic mass is 9.78. The van der Waals surface area contributed by atoms with Crippen molar-refractivity contribution >= 4 is 11.0 Å². The Morgan fingerprint density at radius 1 is 1.35 bits per heavy atom. The molecule has 0 amide bonds. The molecule has 1 aliphatic rings. The number of hydrogen-bond donors (Lipinski definition) is 1. The summed E-state index contributed by atoms with van der Waals surface area (Å²) in [6, 6.07) is 8.03. The lowest BCUT2D eigenvalue weighted by Crippen LogP contribution is -2.25. The minimum absolute atomic E-state index is 0.194. The fraction of sp³-hybridized carbons (Fsp3) is 0.529. The summed E-state index contributed by atoms with van der Waals surface area (Å²) in [6.45, 7) is 4.56. The van der Waals surface area contributed by atoms with Crippen LogP contribution >= 0.6 is 0 Å². The first-order valence-electron chi connectivity index (χ1n) is 7.54. The average molecular weight is 267 g/mol. The zero-order valence-corrected chi connectivity index (χ0v) is 12.2. The van der Waals surface area contributed by atoms with Crippen molar-refractivity contribution in [2.24, 2.45) is 5.92 Å². The predicted molar refractivity (Wildman–Crippen MR) is 80.4 cm³/mol. The Kier molecular flexibility index (Phi) is 3.25. The fourth-order valence-corrected chi connectivity index (χ4v) is 3.74. The van der Waals surface area contributed by atoms with Crippen LogP contribution in [0.1, 0.15) is 57.3 Å². The Labute approximate surface area is 120 Å². The quantitative estimate of drug-likeness (QED) is 0.901. The van der Waals surface area contributed by atoms with Gasteiger partial charge < -0.3 is 4.98 Å². The highest BCUT2D eigenvalue weighted by atomic mass is 14.9. The molecule has 1 aliphatic carbocycles. The summed E-state index contributed by atoms with van der Waals surface area (Å²) in [5, 5.41) is 9.22. The molecule has 0 aliphatic heterocycles. The van der Waals surface area contributed by atoms with Crippen molar-refractivity contribution in [1.82, 2.24) is 9.97 Å². The van der Waals surface area contributed by atoms with E-state index in [9.17, 15) is 5.26 Å². The third kappa shape index (κ3) is 2.10. The number of hydrogen-bond acceptors (Lipinski definition) is 2. The van der Waals surface area contributed by atoms with E-state index in [0.29, 0.717) is 11.5 Å². The SMILES string of the molecule is CC(C)CC1(c2nc3c(C#N)cccc3[nH]2)CCCC1. The summed E-state index contributed by atoms with van der Waals surface area (Å²) in [5.41, 5.74) is 2.69. The number of para-hydroxylation sites is 1. The van der Waals surface area contributed by atoms with Crippen LogP contribution in [0.3, 0.4) is 0 Å². The van der Waals surface area contributed by atoms with Gasteiger partial charge >= 0.3 is 0 Å². The molecule has 0 radical (unpaired) electrons. The molecule has 1 aromatic carbocycles. The molecule has 1 heterocycles. The standard InChI is InChI=1S/C17H21N3/c1-12(2)10-17(8-3-4-9-17)16-19-14-7-5-6-13(11-18)15(14)20-16/h5-7,12H,3-4,8-10H2,1-2H3,(H,19,20). The van der Waals surface area contributed by atoms with Gasteiger partial charge in [-0.25, -0.2) is 4.98 Å². The van der Waals surface area contributed by atoms with Crippen LogP contribution in [0.2, 0.25) is 0 Å². The van der Waals surface area contributed by atoms with Crippen LogP contribution in [0.5, 0.6) is 0 Å². The van der Waals surface area contributed by atoms with Crippen LogP contribution in [0.25, 0.3) is 11.0 Å². The predicted octanol–water partition coefficient (Wildman–Crippen LogP) is 4.29. The summed E-state index contributed by atoms with van der Waals surface area (Å²) in [4.78, 5) is 8.31. The Bertz CT molecular complexity index is 654. The molecule has 0 unspecified atom stereocenters. The van der Waals surface area contributed by atoms with Crippen LogP contribution in [-0.2, 0) is 5.41 Å². The van der Waals surface area contributed by atoms with Gasteiger partial charge in [0.2, 0.25) is 0 Å². The summed E-state index contributed by atoms with van der Waals surface area (Å²) in [7, 11) is 0. The van der Waals surface area contributed by atoms with Gasteiger partial charge in [0.15, 0.2) is 0 Å². The van der Waals surface area contributed by atoms with Gasteiger partial charge in [0.05, 0.1) is 11.1 Å². The highest BCUT2D eigenvalue weighted by molar-refractivity contribution is 5.81. The van der Waals surface area contributed by atoms with Gasteiger partial charge in [-0.1, -0.05) is 32.8 Å². The second kappa shape index (κ2) is 4.94. The molecule has 0 spiro atoms. The van der Waals surface area contributed by atoms with Crippen LogP contribution in [-0.4, -0.2) is 9.97 Å². The van der Waals surface area contributed by atoms with E-state index < -0.39 is 0 Å². The van der Waals surface area contributed by atoms with Crippen molar-refractivity contribution in [3.05, 3.63) is 29.6 Å². The Balaban J connectivity index is 2.10. The van der Waals surface area contributed by atoms with Crippen molar-refractivity contribution < 1.29 is 0 Å². The first-order valence-corrected chi connectivity index (χ1v) is 7.54. The van der Waals surface area contributed by atoms with E-state index in [0.717, 1.165) is 16.9 Å². The van der Waals surface area contributed by atoms with E-state index >= 15 is 0 Å². The zero-order chi connectivity index (χ0) is 14.2. The first-order chi connectivity index (χ1) is 9.64. The van der Waals surface area contributed by atoms with E-state index in [4.69, 9.17) is 4.98 Å². The number of aromatic amines is 1. The van der Waals surface area contributed by atoms with E-state index in [1.807, 2.05) is 18.2 Å². The normalized spacial score (nSPS) is 17.7. The van der Waals surface area contributed by atoms with Crippen LogP contribution in [0.4, 0.5) is 0 Å². The molecule has 2 aromatic rings. The smallest absolute Gasteiger partial charge is 0.113 e. The second-order valence-corrected chi connectivity index (χ2v) is 6.48. The van der Waals surface area contributed by atoms with Crippen molar-refractivity contribution in [1.29, 1.82) is 5.26 Å². The minimum atomic E-state index is 0.194. The monoisotopic (exact) mass is 267 g/mol. The molecule has 3 heteroatoms. The molecule has 20 heavy (non-hydrogen) atoms. The summed E-state index contributed by atoms with van der Waals surface area (Å²) >= 11 is 0. The zero-order valence-electron chi connectivity index (χ0n) is 12.2. The first kappa shape index (κ1) is 13.2. The average Bonchev–Trinajstić information content (AvgIpc) is 3.04. The molecular weight excluding hydrogens is 246 g/mol. The molecule has 0 saturated heterocycles. The van der Waals surface area contributed by atoms with E-state index in [2.05, 4.69) is 24.9 Å². The van der Waals surface area contributed by atoms with Crippen molar-refractivity contribution in [2.75, 3.05) is 0 Å². The fourth-order valence-electron chi connectivity index (χ4n) is 3.74. The van der Waals surface area contributed by atoms with Crippen LogP contribution in [0, 0.1) is 17.2 Å². The summed E-state index contributed by atoms with van der Waals surface area (Å²) in [5.74, 6) is 1.76. The topological polar surface area (TPSA) is 52.5 Å². The highest BCUT2D eigenvalue weighted by Crippen LogP contribution is 2.44. The third-order valence-corrected chi connectivity index (χ3v) is 4.50. The number of nitrogens with zero attached hydrogens (tertiary/aromatic N) is 2. The molecule has 1 saturated carbocycles. The number of aromatic nitrogens is 2. The van der Waals surface area contributed by atoms with Crippen molar-refractivity contribution in [2.45, 2.75) is 51.4 Å². The molecular formula is C17H21N3. The molecule has 0 atom stereocenters. The lowest BCUT2D eigenvalue weighted by molar-refractivity contribution is 0.332. The molecule has 1 fully saturated rings. The Morgan fingerprint density at radius 2 is 2.10 bits per heavy atom. The van der Waals surface area contributed by atoms with Crippen molar-refractivity contribution in [3.8, 4) is 6.07 Å². The van der Waals surface area contributed by atoms with Gasteiger partial charge in [-0.05, 0) is 37.3 Å². The molecule has 0 bridgehead atoms. The molecule has 3 nitrogen and oxygen atoms in total. The van der Waals surface area contributed by atoms with Gasteiger partial charge in [0.25, 0.3) is 0 Å². The van der Waals surface area contributed by atoms with Gasteiger partial charge in [0, 0.05) is 5.41 Å². The van der Waals surface area contributed by atoms with Gasteiger partial charge in [-0.3, -0.25) is 0 Å². The number of fused-ring (bicyclic) bond motifs is 1. The minimum Gasteiger partial charge on any atom is -0.341 e. The molecule has 3 rings (SSSR count). The number of nitrogens with one attached hydrogen (secondary N) is 1.